The predicted molar refractivity (Wildman–Crippen MR) is 70.2 cm³/mol. The lowest BCUT2D eigenvalue weighted by Crippen LogP contribution is -2.39. The van der Waals surface area contributed by atoms with Crippen molar-refractivity contribution in [2.45, 2.75) is 19.9 Å². The van der Waals surface area contributed by atoms with Crippen molar-refractivity contribution < 1.29 is 5.21 Å². The molecule has 1 N–H and O–H groups in total. The highest BCUT2D eigenvalue weighted by molar-refractivity contribution is 9.10. The molecule has 0 spiro atoms. The van der Waals surface area contributed by atoms with E-state index in [0.29, 0.717) is 5.92 Å². The zero-order valence-corrected chi connectivity index (χ0v) is 11.4. The van der Waals surface area contributed by atoms with Crippen molar-refractivity contribution in [1.82, 2.24) is 9.88 Å². The minimum absolute atomic E-state index is 0.328. The molecular weight excluding hydrogens is 282 g/mol. The van der Waals surface area contributed by atoms with Crippen LogP contribution in [0.25, 0.3) is 0 Å². The number of hydrogen-bond donors (Lipinski definition) is 1. The third-order valence-corrected chi connectivity index (χ3v) is 3.51. The highest BCUT2D eigenvalue weighted by Gasteiger charge is 2.22. The molecule has 0 amide bonds. The third-order valence-electron chi connectivity index (χ3n) is 3.08. The molecule has 5 heteroatoms. The van der Waals surface area contributed by atoms with Gasteiger partial charge in [0, 0.05) is 48.8 Å². The fourth-order valence-electron chi connectivity index (χ4n) is 2.20. The average Bonchev–Trinajstić information content (AvgIpc) is 2.29. The molecule has 0 radical (unpaired) electrons. The zero-order valence-electron chi connectivity index (χ0n) is 9.80. The van der Waals surface area contributed by atoms with E-state index in [-0.39, 0.29) is 0 Å². The molecule has 2 heterocycles. The first-order chi connectivity index (χ1) is 8.19. The lowest BCUT2D eigenvalue weighted by Gasteiger charge is -2.31. The van der Waals surface area contributed by atoms with Crippen LogP contribution < -0.4 is 0 Å². The highest BCUT2D eigenvalue weighted by atomic mass is 79.9. The molecule has 17 heavy (non-hydrogen) atoms. The van der Waals surface area contributed by atoms with Gasteiger partial charge in [0.2, 0.25) is 0 Å². The summed E-state index contributed by atoms with van der Waals surface area (Å²) in [6.07, 6.45) is 4.53. The molecule has 1 aliphatic rings. The summed E-state index contributed by atoms with van der Waals surface area (Å²) >= 11 is 3.43. The minimum atomic E-state index is 0.328. The van der Waals surface area contributed by atoms with Gasteiger partial charge in [-0.3, -0.25) is 9.88 Å². The second kappa shape index (κ2) is 5.60. The number of hydrogen-bond acceptors (Lipinski definition) is 4. The third kappa shape index (κ3) is 3.26. The molecule has 1 fully saturated rings. The fraction of sp³-hybridized carbons (Fsp3) is 0.500. The van der Waals surface area contributed by atoms with Crippen LogP contribution in [0.15, 0.2) is 28.1 Å². The van der Waals surface area contributed by atoms with E-state index < -0.39 is 0 Å². The molecule has 1 saturated heterocycles. The zero-order chi connectivity index (χ0) is 12.3. The molecule has 4 nitrogen and oxygen atoms in total. The van der Waals surface area contributed by atoms with Gasteiger partial charge in [0.1, 0.15) is 0 Å². The average molecular weight is 298 g/mol. The van der Waals surface area contributed by atoms with Crippen molar-refractivity contribution in [1.29, 1.82) is 0 Å². The summed E-state index contributed by atoms with van der Waals surface area (Å²) in [6, 6.07) is 2.09. The van der Waals surface area contributed by atoms with Crippen LogP contribution in [-0.4, -0.2) is 33.9 Å². The van der Waals surface area contributed by atoms with Gasteiger partial charge in [-0.05, 0) is 27.6 Å². The van der Waals surface area contributed by atoms with Crippen molar-refractivity contribution >= 4 is 21.6 Å². The molecule has 1 atom stereocenters. The summed E-state index contributed by atoms with van der Waals surface area (Å²) in [5, 5.41) is 12.2. The number of pyridine rings is 1. The second-order valence-electron chi connectivity index (χ2n) is 4.49. The van der Waals surface area contributed by atoms with Gasteiger partial charge in [-0.15, -0.1) is 0 Å². The van der Waals surface area contributed by atoms with E-state index in [4.69, 9.17) is 5.21 Å². The predicted octanol–water partition coefficient (Wildman–Crippen LogP) is 2.52. The van der Waals surface area contributed by atoms with Crippen molar-refractivity contribution in [3.63, 3.8) is 0 Å². The Hall–Kier alpha value is -0.940. The van der Waals surface area contributed by atoms with Crippen LogP contribution >= 0.6 is 15.9 Å². The molecular formula is C12H16BrN3O. The van der Waals surface area contributed by atoms with E-state index in [2.05, 4.69) is 44.0 Å². The molecule has 0 aromatic carbocycles. The second-order valence-corrected chi connectivity index (χ2v) is 5.40. The smallest absolute Gasteiger partial charge is 0.0624 e. The monoisotopic (exact) mass is 297 g/mol. The quantitative estimate of drug-likeness (QED) is 0.674. The number of likely N-dealkylation sites (tertiary alicyclic amines) is 1. The SMILES string of the molecule is CC1CN(Cc2cncc(Br)c2)CC/C1=N\O. The van der Waals surface area contributed by atoms with Crippen molar-refractivity contribution in [3.8, 4) is 0 Å². The number of oxime groups is 1. The largest absolute Gasteiger partial charge is 0.411 e. The van der Waals surface area contributed by atoms with Crippen LogP contribution in [-0.2, 0) is 6.54 Å². The summed E-state index contributed by atoms with van der Waals surface area (Å²) in [5.41, 5.74) is 2.12. The Morgan fingerprint density at radius 2 is 2.41 bits per heavy atom. The number of nitrogens with zero attached hydrogens (tertiary/aromatic N) is 3. The maximum atomic E-state index is 8.83. The first-order valence-corrected chi connectivity index (χ1v) is 6.51. The number of aromatic nitrogens is 1. The van der Waals surface area contributed by atoms with Gasteiger partial charge in [-0.1, -0.05) is 12.1 Å². The first-order valence-electron chi connectivity index (χ1n) is 5.71. The lowest BCUT2D eigenvalue weighted by molar-refractivity contribution is 0.228. The van der Waals surface area contributed by atoms with E-state index in [1.165, 1.54) is 5.56 Å². The summed E-state index contributed by atoms with van der Waals surface area (Å²) in [7, 11) is 0. The van der Waals surface area contributed by atoms with E-state index >= 15 is 0 Å². The van der Waals surface area contributed by atoms with Gasteiger partial charge in [0.05, 0.1) is 5.71 Å². The van der Waals surface area contributed by atoms with Crippen LogP contribution in [0, 0.1) is 5.92 Å². The first kappa shape index (κ1) is 12.5. The van der Waals surface area contributed by atoms with Gasteiger partial charge in [0.25, 0.3) is 0 Å². The van der Waals surface area contributed by atoms with Crippen LogP contribution in [0.5, 0.6) is 0 Å². The Balaban J connectivity index is 1.97. The van der Waals surface area contributed by atoms with E-state index in [1.54, 1.807) is 6.20 Å². The summed E-state index contributed by atoms with van der Waals surface area (Å²) in [6.45, 7) is 4.87. The fourth-order valence-corrected chi connectivity index (χ4v) is 2.61. The Morgan fingerprint density at radius 1 is 1.59 bits per heavy atom. The topological polar surface area (TPSA) is 48.7 Å². The molecule has 0 bridgehead atoms. The van der Waals surface area contributed by atoms with Crippen LogP contribution in [0.4, 0.5) is 0 Å². The molecule has 0 saturated carbocycles. The molecule has 2 rings (SSSR count). The van der Waals surface area contributed by atoms with Crippen LogP contribution in [0.1, 0.15) is 18.9 Å². The Morgan fingerprint density at radius 3 is 3.06 bits per heavy atom. The van der Waals surface area contributed by atoms with Gasteiger partial charge in [-0.2, -0.15) is 0 Å². The van der Waals surface area contributed by atoms with Gasteiger partial charge in [-0.25, -0.2) is 0 Å². The van der Waals surface area contributed by atoms with E-state index in [0.717, 1.165) is 36.2 Å². The molecule has 1 unspecified atom stereocenters. The number of rotatable bonds is 2. The van der Waals surface area contributed by atoms with E-state index in [9.17, 15) is 0 Å². The number of halogens is 1. The van der Waals surface area contributed by atoms with Gasteiger partial charge in [0.15, 0.2) is 0 Å². The molecule has 1 aromatic heterocycles. The number of piperidine rings is 1. The van der Waals surface area contributed by atoms with Crippen molar-refractivity contribution in [2.24, 2.45) is 11.1 Å². The van der Waals surface area contributed by atoms with Crippen LogP contribution in [0.2, 0.25) is 0 Å². The molecule has 1 aliphatic heterocycles. The molecule has 1 aromatic rings. The Labute approximate surface area is 109 Å². The standard InChI is InChI=1S/C12H16BrN3O/c1-9-7-16(3-2-12(9)15-17)8-10-4-11(13)6-14-5-10/h4-6,9,17H,2-3,7-8H2,1H3/b15-12+. The normalized spacial score (nSPS) is 24.1. The summed E-state index contributed by atoms with van der Waals surface area (Å²) < 4.78 is 1.01. The minimum Gasteiger partial charge on any atom is -0.411 e. The van der Waals surface area contributed by atoms with Crippen molar-refractivity contribution in [2.75, 3.05) is 13.1 Å². The maximum Gasteiger partial charge on any atom is 0.0624 e. The van der Waals surface area contributed by atoms with Crippen molar-refractivity contribution in [3.05, 3.63) is 28.5 Å². The van der Waals surface area contributed by atoms with Gasteiger partial charge >= 0.3 is 0 Å². The summed E-state index contributed by atoms with van der Waals surface area (Å²) in [4.78, 5) is 6.53. The van der Waals surface area contributed by atoms with Gasteiger partial charge < -0.3 is 5.21 Å². The Bertz CT molecular complexity index is 422. The van der Waals surface area contributed by atoms with E-state index in [1.807, 2.05) is 6.20 Å². The molecule has 0 aliphatic carbocycles. The highest BCUT2D eigenvalue weighted by Crippen LogP contribution is 2.17. The molecule has 92 valence electrons. The lowest BCUT2D eigenvalue weighted by atomic mass is 9.97. The Kier molecular flexibility index (Phi) is 4.12. The maximum absolute atomic E-state index is 8.83. The summed E-state index contributed by atoms with van der Waals surface area (Å²) in [5.74, 6) is 0.328. The van der Waals surface area contributed by atoms with Crippen LogP contribution in [0.3, 0.4) is 0 Å².